The summed E-state index contributed by atoms with van der Waals surface area (Å²) >= 11 is 0. The SMILES string of the molecule is Cc1nn(C)c(C)c1S(=O)(=O)NC(=O)c1ccc(-c2ccccc2)cc1. The highest BCUT2D eigenvalue weighted by molar-refractivity contribution is 7.90. The summed E-state index contributed by atoms with van der Waals surface area (Å²) in [5, 5.41) is 4.09. The highest BCUT2D eigenvalue weighted by Crippen LogP contribution is 2.21. The van der Waals surface area contributed by atoms with Crippen LogP contribution in [0.5, 0.6) is 0 Å². The lowest BCUT2D eigenvalue weighted by molar-refractivity contribution is 0.0981. The van der Waals surface area contributed by atoms with Crippen LogP contribution in [-0.2, 0) is 17.1 Å². The van der Waals surface area contributed by atoms with Crippen molar-refractivity contribution in [2.75, 3.05) is 0 Å². The Bertz CT molecular complexity index is 1050. The zero-order chi connectivity index (χ0) is 18.9. The molecule has 0 atom stereocenters. The molecule has 0 saturated carbocycles. The van der Waals surface area contributed by atoms with Crippen LogP contribution in [0.25, 0.3) is 11.1 Å². The Morgan fingerprint density at radius 1 is 0.962 bits per heavy atom. The number of benzene rings is 2. The van der Waals surface area contributed by atoms with E-state index in [-0.39, 0.29) is 10.5 Å². The van der Waals surface area contributed by atoms with E-state index in [1.165, 1.54) is 4.68 Å². The third-order valence-corrected chi connectivity index (χ3v) is 5.78. The van der Waals surface area contributed by atoms with Gasteiger partial charge in [0, 0.05) is 12.6 Å². The van der Waals surface area contributed by atoms with Crippen molar-refractivity contribution in [3.05, 3.63) is 71.5 Å². The van der Waals surface area contributed by atoms with E-state index in [1.807, 2.05) is 30.3 Å². The van der Waals surface area contributed by atoms with Crippen molar-refractivity contribution in [2.24, 2.45) is 7.05 Å². The zero-order valence-corrected chi connectivity index (χ0v) is 15.5. The first-order chi connectivity index (χ1) is 12.3. The number of carbonyl (C=O) groups excluding carboxylic acids is 1. The van der Waals surface area contributed by atoms with E-state index in [9.17, 15) is 13.2 Å². The monoisotopic (exact) mass is 369 g/mol. The van der Waals surface area contributed by atoms with Gasteiger partial charge in [0.15, 0.2) is 0 Å². The molecule has 1 aromatic heterocycles. The van der Waals surface area contributed by atoms with E-state index in [1.54, 1.807) is 45.2 Å². The molecule has 0 saturated heterocycles. The second-order valence-electron chi connectivity index (χ2n) is 6.00. The lowest BCUT2D eigenvalue weighted by atomic mass is 10.0. The van der Waals surface area contributed by atoms with Gasteiger partial charge in [0.1, 0.15) is 4.90 Å². The molecule has 0 bridgehead atoms. The maximum Gasteiger partial charge on any atom is 0.267 e. The van der Waals surface area contributed by atoms with Gasteiger partial charge >= 0.3 is 0 Å². The van der Waals surface area contributed by atoms with Crippen molar-refractivity contribution in [1.82, 2.24) is 14.5 Å². The number of aryl methyl sites for hydroxylation is 2. The molecule has 1 N–H and O–H groups in total. The highest BCUT2D eigenvalue weighted by atomic mass is 32.2. The van der Waals surface area contributed by atoms with Gasteiger partial charge in [0.2, 0.25) is 0 Å². The largest absolute Gasteiger partial charge is 0.271 e. The number of rotatable bonds is 4. The van der Waals surface area contributed by atoms with Crippen molar-refractivity contribution in [2.45, 2.75) is 18.7 Å². The second kappa shape index (κ2) is 6.76. The molecule has 0 spiro atoms. The number of amides is 1. The molecule has 0 aliphatic carbocycles. The van der Waals surface area contributed by atoms with Crippen LogP contribution in [0.1, 0.15) is 21.7 Å². The zero-order valence-electron chi connectivity index (χ0n) is 14.7. The van der Waals surface area contributed by atoms with Crippen molar-refractivity contribution in [3.63, 3.8) is 0 Å². The normalized spacial score (nSPS) is 11.3. The summed E-state index contributed by atoms with van der Waals surface area (Å²) in [4.78, 5) is 12.4. The van der Waals surface area contributed by atoms with E-state index in [0.29, 0.717) is 11.4 Å². The van der Waals surface area contributed by atoms with Gasteiger partial charge in [0.25, 0.3) is 15.9 Å². The van der Waals surface area contributed by atoms with Gasteiger partial charge in [-0.15, -0.1) is 0 Å². The van der Waals surface area contributed by atoms with Crippen LogP contribution < -0.4 is 4.72 Å². The van der Waals surface area contributed by atoms with Crippen molar-refractivity contribution in [3.8, 4) is 11.1 Å². The molecule has 134 valence electrons. The Balaban J connectivity index is 1.84. The molecule has 1 amide bonds. The molecule has 2 aromatic carbocycles. The fourth-order valence-electron chi connectivity index (χ4n) is 2.82. The van der Waals surface area contributed by atoms with Crippen LogP contribution in [0.3, 0.4) is 0 Å². The predicted molar refractivity (Wildman–Crippen MR) is 99.2 cm³/mol. The molecule has 3 rings (SSSR count). The van der Waals surface area contributed by atoms with E-state index in [4.69, 9.17) is 0 Å². The van der Waals surface area contributed by atoms with Gasteiger partial charge in [-0.25, -0.2) is 13.1 Å². The highest BCUT2D eigenvalue weighted by Gasteiger charge is 2.26. The molecular formula is C19H19N3O3S. The summed E-state index contributed by atoms with van der Waals surface area (Å²) in [7, 11) is -2.34. The number of sulfonamides is 1. The Kier molecular flexibility index (Phi) is 4.65. The smallest absolute Gasteiger partial charge is 0.267 e. The molecule has 0 aliphatic heterocycles. The Hall–Kier alpha value is -2.93. The number of aromatic nitrogens is 2. The van der Waals surface area contributed by atoms with Crippen LogP contribution in [-0.4, -0.2) is 24.1 Å². The summed E-state index contributed by atoms with van der Waals surface area (Å²) in [6.07, 6.45) is 0. The molecule has 0 aliphatic rings. The van der Waals surface area contributed by atoms with E-state index in [2.05, 4.69) is 9.82 Å². The third-order valence-electron chi connectivity index (χ3n) is 4.19. The minimum atomic E-state index is -3.99. The quantitative estimate of drug-likeness (QED) is 0.767. The summed E-state index contributed by atoms with van der Waals surface area (Å²) in [5.74, 6) is -0.674. The van der Waals surface area contributed by atoms with Crippen LogP contribution in [0.2, 0.25) is 0 Å². The average molecular weight is 369 g/mol. The number of hydrogen-bond acceptors (Lipinski definition) is 4. The second-order valence-corrected chi connectivity index (χ2v) is 7.62. The molecule has 7 heteroatoms. The summed E-state index contributed by atoms with van der Waals surface area (Å²) in [5.41, 5.74) is 3.07. The van der Waals surface area contributed by atoms with Crippen LogP contribution in [0.4, 0.5) is 0 Å². The van der Waals surface area contributed by atoms with E-state index >= 15 is 0 Å². The number of nitrogens with one attached hydrogen (secondary N) is 1. The van der Waals surface area contributed by atoms with Gasteiger partial charge in [-0.3, -0.25) is 9.48 Å². The predicted octanol–water partition coefficient (Wildman–Crippen LogP) is 2.82. The molecule has 3 aromatic rings. The van der Waals surface area contributed by atoms with Gasteiger partial charge in [-0.2, -0.15) is 5.10 Å². The standard InChI is InChI=1S/C19H19N3O3S/c1-13-18(14(2)22(3)20-13)26(24,25)21-19(23)17-11-9-16(10-12-17)15-7-5-4-6-8-15/h4-12H,1-3H3,(H,21,23). The Labute approximate surface area is 152 Å². The lowest BCUT2D eigenvalue weighted by Gasteiger charge is -2.08. The Morgan fingerprint density at radius 2 is 1.54 bits per heavy atom. The summed E-state index contributed by atoms with van der Waals surface area (Å²) in [6, 6.07) is 16.5. The van der Waals surface area contributed by atoms with Crippen LogP contribution >= 0.6 is 0 Å². The van der Waals surface area contributed by atoms with Crippen molar-refractivity contribution >= 4 is 15.9 Å². The fraction of sp³-hybridized carbons (Fsp3) is 0.158. The first kappa shape index (κ1) is 17.9. The maximum atomic E-state index is 12.6. The Morgan fingerprint density at radius 3 is 2.08 bits per heavy atom. The van der Waals surface area contributed by atoms with E-state index < -0.39 is 15.9 Å². The van der Waals surface area contributed by atoms with Gasteiger partial charge in [0.05, 0.1) is 11.4 Å². The van der Waals surface area contributed by atoms with E-state index in [0.717, 1.165) is 11.1 Å². The van der Waals surface area contributed by atoms with Crippen LogP contribution in [0.15, 0.2) is 59.5 Å². The molecular weight excluding hydrogens is 350 g/mol. The van der Waals surface area contributed by atoms with Gasteiger partial charge in [-0.1, -0.05) is 42.5 Å². The number of nitrogens with zero attached hydrogens (tertiary/aromatic N) is 2. The van der Waals surface area contributed by atoms with Crippen molar-refractivity contribution < 1.29 is 13.2 Å². The molecule has 1 heterocycles. The fourth-order valence-corrected chi connectivity index (χ4v) is 4.23. The number of carbonyl (C=O) groups is 1. The topological polar surface area (TPSA) is 81.1 Å². The van der Waals surface area contributed by atoms with Crippen LogP contribution in [0, 0.1) is 13.8 Å². The summed E-state index contributed by atoms with van der Waals surface area (Å²) < 4.78 is 28.7. The first-order valence-corrected chi connectivity index (χ1v) is 9.51. The summed E-state index contributed by atoms with van der Waals surface area (Å²) in [6.45, 7) is 3.24. The first-order valence-electron chi connectivity index (χ1n) is 8.02. The average Bonchev–Trinajstić information content (AvgIpc) is 2.88. The molecule has 6 nitrogen and oxygen atoms in total. The third kappa shape index (κ3) is 3.39. The molecule has 26 heavy (non-hydrogen) atoms. The maximum absolute atomic E-state index is 12.6. The number of hydrogen-bond donors (Lipinski definition) is 1. The molecule has 0 radical (unpaired) electrons. The molecule has 0 unspecified atom stereocenters. The minimum Gasteiger partial charge on any atom is -0.271 e. The lowest BCUT2D eigenvalue weighted by Crippen LogP contribution is -2.31. The van der Waals surface area contributed by atoms with Crippen molar-refractivity contribution in [1.29, 1.82) is 0 Å². The molecule has 0 fully saturated rings. The minimum absolute atomic E-state index is 0.0363. The van der Waals surface area contributed by atoms with Gasteiger partial charge < -0.3 is 0 Å². The van der Waals surface area contributed by atoms with Gasteiger partial charge in [-0.05, 0) is 37.1 Å².